The highest BCUT2D eigenvalue weighted by Gasteiger charge is 2.38. The van der Waals surface area contributed by atoms with Gasteiger partial charge in [0.05, 0.1) is 12.6 Å². The third-order valence-corrected chi connectivity index (χ3v) is 6.65. The number of aliphatic carboxylic acids is 1. The second-order valence-corrected chi connectivity index (χ2v) is 9.29. The maximum Gasteiger partial charge on any atom is 0.326 e. The number of hydrogen-bond donors (Lipinski definition) is 7. The van der Waals surface area contributed by atoms with E-state index in [0.717, 1.165) is 16.5 Å². The predicted molar refractivity (Wildman–Crippen MR) is 136 cm³/mol. The fourth-order valence-corrected chi connectivity index (χ4v) is 4.61. The third-order valence-electron chi connectivity index (χ3n) is 6.65. The number of benzene rings is 1. The fraction of sp³-hybridized carbons (Fsp3) is 0.520. The van der Waals surface area contributed by atoms with Crippen LogP contribution in [0.2, 0.25) is 0 Å². The van der Waals surface area contributed by atoms with Crippen molar-refractivity contribution < 1.29 is 29.4 Å². The molecule has 1 fully saturated rings. The van der Waals surface area contributed by atoms with E-state index in [4.69, 9.17) is 11.5 Å². The summed E-state index contributed by atoms with van der Waals surface area (Å²) in [5.41, 5.74) is 13.4. The maximum atomic E-state index is 13.2. The number of aromatic amines is 1. The lowest BCUT2D eigenvalue weighted by atomic mass is 10.0. The van der Waals surface area contributed by atoms with Crippen molar-refractivity contribution in [2.45, 2.75) is 62.7 Å². The molecule has 12 nitrogen and oxygen atoms in total. The number of nitrogens with two attached hydrogens (primary N) is 2. The number of carbonyl (C=O) groups excluding carboxylic acids is 3. The van der Waals surface area contributed by atoms with Gasteiger partial charge in [0, 0.05) is 23.6 Å². The quantitative estimate of drug-likeness (QED) is 0.168. The number of carboxylic acids is 1. The second-order valence-electron chi connectivity index (χ2n) is 9.29. The number of para-hydroxylation sites is 1. The number of unbranched alkanes of at least 4 members (excludes halogenated alkanes) is 1. The zero-order valence-corrected chi connectivity index (χ0v) is 20.7. The van der Waals surface area contributed by atoms with Gasteiger partial charge in [-0.25, -0.2) is 4.79 Å². The van der Waals surface area contributed by atoms with Gasteiger partial charge in [-0.1, -0.05) is 18.2 Å². The molecule has 0 bridgehead atoms. The van der Waals surface area contributed by atoms with Gasteiger partial charge in [-0.2, -0.15) is 0 Å². The molecule has 1 saturated heterocycles. The summed E-state index contributed by atoms with van der Waals surface area (Å²) in [4.78, 5) is 54.8. The summed E-state index contributed by atoms with van der Waals surface area (Å²) in [5.74, 6) is -2.99. The molecule has 0 radical (unpaired) electrons. The second kappa shape index (κ2) is 13.2. The molecular weight excluding hydrogens is 480 g/mol. The average molecular weight is 517 g/mol. The zero-order valence-electron chi connectivity index (χ0n) is 20.7. The number of amides is 3. The number of aromatic nitrogens is 1. The predicted octanol–water partition coefficient (Wildman–Crippen LogP) is -0.796. The van der Waals surface area contributed by atoms with Gasteiger partial charge in [0.15, 0.2) is 0 Å². The monoisotopic (exact) mass is 516 g/mol. The van der Waals surface area contributed by atoms with E-state index in [2.05, 4.69) is 15.6 Å². The topological polar surface area (TPSA) is 204 Å². The van der Waals surface area contributed by atoms with E-state index in [9.17, 15) is 29.4 Å². The van der Waals surface area contributed by atoms with Crippen LogP contribution in [0.5, 0.6) is 0 Å². The van der Waals surface area contributed by atoms with Crippen molar-refractivity contribution in [3.05, 3.63) is 36.0 Å². The third kappa shape index (κ3) is 7.06. The van der Waals surface area contributed by atoms with E-state index in [-0.39, 0.29) is 19.4 Å². The minimum absolute atomic E-state index is 0.210. The Labute approximate surface area is 214 Å². The van der Waals surface area contributed by atoms with E-state index in [1.165, 1.54) is 4.90 Å². The van der Waals surface area contributed by atoms with Crippen molar-refractivity contribution in [3.8, 4) is 0 Å². The summed E-state index contributed by atoms with van der Waals surface area (Å²) in [5, 5.41) is 25.2. The molecule has 1 aromatic carbocycles. The number of rotatable bonds is 13. The molecule has 1 aliphatic heterocycles. The van der Waals surface area contributed by atoms with Crippen LogP contribution in [0.15, 0.2) is 30.5 Å². The Morgan fingerprint density at radius 1 is 1.11 bits per heavy atom. The highest BCUT2D eigenvalue weighted by atomic mass is 16.4. The lowest BCUT2D eigenvalue weighted by molar-refractivity contribution is -0.149. The Bertz CT molecular complexity index is 1100. The molecule has 1 aliphatic rings. The normalized spacial score (nSPS) is 17.8. The van der Waals surface area contributed by atoms with E-state index >= 15 is 0 Å². The molecule has 3 amide bonds. The van der Waals surface area contributed by atoms with E-state index in [1.54, 1.807) is 6.20 Å². The first-order chi connectivity index (χ1) is 17.8. The molecule has 1 aromatic heterocycles. The summed E-state index contributed by atoms with van der Waals surface area (Å²) >= 11 is 0. The van der Waals surface area contributed by atoms with Crippen molar-refractivity contribution in [2.24, 2.45) is 11.5 Å². The molecule has 9 N–H and O–H groups in total. The number of H-pyrrole nitrogens is 1. The van der Waals surface area contributed by atoms with E-state index in [0.29, 0.717) is 32.2 Å². The van der Waals surface area contributed by atoms with Crippen molar-refractivity contribution in [1.82, 2.24) is 20.5 Å². The molecule has 0 saturated carbocycles. The summed E-state index contributed by atoms with van der Waals surface area (Å²) in [6.45, 7) is -0.0234. The maximum absolute atomic E-state index is 13.2. The molecule has 4 atom stereocenters. The van der Waals surface area contributed by atoms with E-state index in [1.807, 2.05) is 24.3 Å². The van der Waals surface area contributed by atoms with Crippen molar-refractivity contribution in [2.75, 3.05) is 19.7 Å². The number of carboxylic acid groups (broad SMARTS) is 1. The van der Waals surface area contributed by atoms with E-state index < -0.39 is 54.5 Å². The first-order valence-corrected chi connectivity index (χ1v) is 12.5. The number of hydrogen-bond acceptors (Lipinski definition) is 7. The Hall–Kier alpha value is -3.48. The molecular formula is C25H36N6O6. The molecule has 2 aromatic rings. The summed E-state index contributed by atoms with van der Waals surface area (Å²) in [7, 11) is 0. The number of fused-ring (bicyclic) bond motifs is 1. The van der Waals surface area contributed by atoms with Gasteiger partial charge < -0.3 is 42.2 Å². The Morgan fingerprint density at radius 2 is 1.84 bits per heavy atom. The Kier molecular flexibility index (Phi) is 10.0. The summed E-state index contributed by atoms with van der Waals surface area (Å²) in [6, 6.07) is 3.31. The first kappa shape index (κ1) is 28.1. The molecule has 4 unspecified atom stereocenters. The van der Waals surface area contributed by atoms with Gasteiger partial charge in [0.25, 0.3) is 0 Å². The number of aliphatic hydroxyl groups is 1. The molecule has 0 spiro atoms. The van der Waals surface area contributed by atoms with Crippen LogP contribution in [0.1, 0.15) is 37.7 Å². The number of nitrogens with one attached hydrogen (secondary N) is 3. The molecule has 202 valence electrons. The highest BCUT2D eigenvalue weighted by molar-refractivity contribution is 5.94. The smallest absolute Gasteiger partial charge is 0.326 e. The zero-order chi connectivity index (χ0) is 26.9. The van der Waals surface area contributed by atoms with Gasteiger partial charge in [-0.15, -0.1) is 0 Å². The van der Waals surface area contributed by atoms with Crippen molar-refractivity contribution >= 4 is 34.6 Å². The number of likely N-dealkylation sites (tertiary alicyclic amines) is 1. The van der Waals surface area contributed by atoms with Gasteiger partial charge in [0.1, 0.15) is 18.1 Å². The summed E-state index contributed by atoms with van der Waals surface area (Å²) in [6.07, 6.45) is 4.27. The lowest BCUT2D eigenvalue weighted by Gasteiger charge is -2.28. The van der Waals surface area contributed by atoms with Crippen molar-refractivity contribution in [1.29, 1.82) is 0 Å². The van der Waals surface area contributed by atoms with Crippen molar-refractivity contribution in [3.63, 3.8) is 0 Å². The van der Waals surface area contributed by atoms with Crippen LogP contribution in [0.25, 0.3) is 10.9 Å². The number of carbonyl (C=O) groups is 4. The van der Waals surface area contributed by atoms with Crippen LogP contribution in [-0.4, -0.2) is 87.7 Å². The number of aliphatic hydroxyl groups excluding tert-OH is 1. The van der Waals surface area contributed by atoms with Gasteiger partial charge in [0.2, 0.25) is 17.7 Å². The minimum atomic E-state index is -1.33. The molecule has 12 heteroatoms. The van der Waals surface area contributed by atoms with Crippen LogP contribution in [-0.2, 0) is 25.6 Å². The summed E-state index contributed by atoms with van der Waals surface area (Å²) < 4.78 is 0. The standard InChI is InChI=1S/C25H36N6O6/c26-10-4-3-8-19(24(35)31-11-5-9-21(31)25(36)37)29-23(34)20(14-32)30-22(33)17(27)12-15-13-28-18-7-2-1-6-16(15)18/h1-2,6-7,13,17,19-21,28,32H,3-5,8-12,14,26-27H2,(H,29,34)(H,30,33)(H,36,37). The van der Waals surface area contributed by atoms with Crippen LogP contribution in [0.3, 0.4) is 0 Å². The molecule has 2 heterocycles. The minimum Gasteiger partial charge on any atom is -0.480 e. The van der Waals surface area contributed by atoms with Gasteiger partial charge in [-0.3, -0.25) is 14.4 Å². The molecule has 37 heavy (non-hydrogen) atoms. The first-order valence-electron chi connectivity index (χ1n) is 12.5. The molecule has 3 rings (SSSR count). The lowest BCUT2D eigenvalue weighted by Crippen LogP contribution is -2.58. The van der Waals surface area contributed by atoms with Crippen LogP contribution < -0.4 is 22.1 Å². The van der Waals surface area contributed by atoms with Crippen LogP contribution in [0, 0.1) is 0 Å². The Morgan fingerprint density at radius 3 is 2.54 bits per heavy atom. The largest absolute Gasteiger partial charge is 0.480 e. The van der Waals surface area contributed by atoms with Crippen LogP contribution >= 0.6 is 0 Å². The SMILES string of the molecule is NCCCCC(NC(=O)C(CO)NC(=O)C(N)Cc1c[nH]c2ccccc12)C(=O)N1CCCC1C(=O)O. The highest BCUT2D eigenvalue weighted by Crippen LogP contribution is 2.20. The fourth-order valence-electron chi connectivity index (χ4n) is 4.61. The van der Waals surface area contributed by atoms with Gasteiger partial charge >= 0.3 is 5.97 Å². The Balaban J connectivity index is 1.64. The average Bonchev–Trinajstić information content (AvgIpc) is 3.54. The van der Waals surface area contributed by atoms with Gasteiger partial charge in [-0.05, 0) is 56.7 Å². The van der Waals surface area contributed by atoms with Crippen LogP contribution in [0.4, 0.5) is 0 Å². The number of nitrogens with zero attached hydrogens (tertiary/aromatic N) is 1. The molecule has 0 aliphatic carbocycles.